The van der Waals surface area contributed by atoms with E-state index in [-0.39, 0.29) is 16.1 Å². The number of carboxylic acids is 1. The molecule has 0 bridgehead atoms. The first-order valence-electron chi connectivity index (χ1n) is 6.40. The van der Waals surface area contributed by atoms with E-state index in [1.807, 2.05) is 20.8 Å². The number of hydrogen-bond donors (Lipinski definition) is 1. The second kappa shape index (κ2) is 6.15. The Labute approximate surface area is 131 Å². The smallest absolute Gasteiger partial charge is 0.347 e. The zero-order valence-corrected chi connectivity index (χ0v) is 13.6. The normalized spacial score (nSPS) is 11.6. The first-order chi connectivity index (χ1) is 9.79. The molecule has 0 aliphatic heterocycles. The third-order valence-electron chi connectivity index (χ3n) is 2.76. The van der Waals surface area contributed by atoms with Crippen molar-refractivity contribution in [1.82, 2.24) is 4.98 Å². The molecule has 0 aliphatic carbocycles. The van der Waals surface area contributed by atoms with Crippen molar-refractivity contribution in [3.63, 3.8) is 0 Å². The highest BCUT2D eigenvalue weighted by atomic mass is 32.2. The minimum Gasteiger partial charge on any atom is -0.477 e. The lowest BCUT2D eigenvalue weighted by molar-refractivity contribution is 0.0699. The number of aromatic nitrogens is 1. The van der Waals surface area contributed by atoms with Crippen molar-refractivity contribution in [2.24, 2.45) is 0 Å². The zero-order valence-electron chi connectivity index (χ0n) is 12.0. The van der Waals surface area contributed by atoms with E-state index in [1.54, 1.807) is 18.2 Å². The number of benzene rings is 1. The number of rotatable bonds is 4. The van der Waals surface area contributed by atoms with Gasteiger partial charge in [-0.25, -0.2) is 14.2 Å². The number of nitrogens with zero attached hydrogens (tertiary/aromatic N) is 1. The summed E-state index contributed by atoms with van der Waals surface area (Å²) >= 11 is 2.49. The molecule has 6 heteroatoms. The summed E-state index contributed by atoms with van der Waals surface area (Å²) in [6.07, 6.45) is 0. The van der Waals surface area contributed by atoms with E-state index in [0.717, 1.165) is 0 Å². The maximum absolute atomic E-state index is 13.6. The van der Waals surface area contributed by atoms with E-state index in [4.69, 9.17) is 0 Å². The van der Waals surface area contributed by atoms with E-state index in [1.165, 1.54) is 29.2 Å². The first kappa shape index (κ1) is 16.0. The Kier molecular flexibility index (Phi) is 4.68. The van der Waals surface area contributed by atoms with Crippen LogP contribution in [0, 0.1) is 5.82 Å². The largest absolute Gasteiger partial charge is 0.477 e. The Balaban J connectivity index is 2.22. The highest BCUT2D eigenvalue weighted by Gasteiger charge is 2.26. The van der Waals surface area contributed by atoms with Crippen LogP contribution in [-0.2, 0) is 11.2 Å². The maximum atomic E-state index is 13.6. The summed E-state index contributed by atoms with van der Waals surface area (Å²) in [6, 6.07) is 6.53. The predicted octanol–water partition coefficient (Wildman–Crippen LogP) is 4.57. The molecule has 21 heavy (non-hydrogen) atoms. The molecule has 0 atom stereocenters. The standard InChI is InChI=1S/C15H16FNO2S2/c1-15(2,3)13-12(14(18)19)21-11(17-13)8-20-10-7-5-4-6-9(10)16/h4-7H,8H2,1-3H3,(H,18,19). The lowest BCUT2D eigenvalue weighted by atomic mass is 9.91. The van der Waals surface area contributed by atoms with Gasteiger partial charge >= 0.3 is 5.97 Å². The van der Waals surface area contributed by atoms with E-state index < -0.39 is 5.97 Å². The highest BCUT2D eigenvalue weighted by Crippen LogP contribution is 2.33. The average molecular weight is 325 g/mol. The second-order valence-corrected chi connectivity index (χ2v) is 7.66. The Morgan fingerprint density at radius 3 is 2.57 bits per heavy atom. The molecule has 2 aromatic rings. The van der Waals surface area contributed by atoms with Gasteiger partial charge < -0.3 is 5.11 Å². The van der Waals surface area contributed by atoms with Crippen LogP contribution in [0.4, 0.5) is 4.39 Å². The van der Waals surface area contributed by atoms with Crippen molar-refractivity contribution in [3.05, 3.63) is 45.7 Å². The van der Waals surface area contributed by atoms with Gasteiger partial charge in [0.15, 0.2) is 0 Å². The summed E-state index contributed by atoms with van der Waals surface area (Å²) < 4.78 is 13.6. The van der Waals surface area contributed by atoms with Crippen LogP contribution in [0.25, 0.3) is 0 Å². The second-order valence-electron chi connectivity index (χ2n) is 5.56. The summed E-state index contributed by atoms with van der Waals surface area (Å²) in [5.41, 5.74) is 0.259. The van der Waals surface area contributed by atoms with Crippen LogP contribution in [0.3, 0.4) is 0 Å². The van der Waals surface area contributed by atoms with Gasteiger partial charge in [0.1, 0.15) is 15.7 Å². The number of hydrogen-bond acceptors (Lipinski definition) is 4. The molecule has 0 amide bonds. The molecule has 3 nitrogen and oxygen atoms in total. The van der Waals surface area contributed by atoms with Crippen molar-refractivity contribution in [1.29, 1.82) is 0 Å². The van der Waals surface area contributed by atoms with Gasteiger partial charge in [-0.15, -0.1) is 23.1 Å². The van der Waals surface area contributed by atoms with Crippen molar-refractivity contribution in [3.8, 4) is 0 Å². The summed E-state index contributed by atoms with van der Waals surface area (Å²) in [5, 5.41) is 9.97. The number of thiazole rings is 1. The Bertz CT molecular complexity index is 662. The Morgan fingerprint density at radius 1 is 1.38 bits per heavy atom. The monoisotopic (exact) mass is 325 g/mol. The number of aromatic carboxylic acids is 1. The van der Waals surface area contributed by atoms with Crippen LogP contribution in [-0.4, -0.2) is 16.1 Å². The molecule has 1 aromatic carbocycles. The average Bonchev–Trinajstić information content (AvgIpc) is 2.82. The van der Waals surface area contributed by atoms with Crippen LogP contribution in [0.2, 0.25) is 0 Å². The third-order valence-corrected chi connectivity index (χ3v) is 5.05. The molecule has 2 rings (SSSR count). The SMILES string of the molecule is CC(C)(C)c1nc(CSc2ccccc2F)sc1C(=O)O. The van der Waals surface area contributed by atoms with Crippen molar-refractivity contribution < 1.29 is 14.3 Å². The van der Waals surface area contributed by atoms with Crippen LogP contribution in [0.1, 0.15) is 41.1 Å². The van der Waals surface area contributed by atoms with Gasteiger partial charge in [0, 0.05) is 10.3 Å². The van der Waals surface area contributed by atoms with Gasteiger partial charge in [0.05, 0.1) is 11.4 Å². The van der Waals surface area contributed by atoms with E-state index in [0.29, 0.717) is 21.3 Å². The van der Waals surface area contributed by atoms with Gasteiger partial charge in [-0.3, -0.25) is 0 Å². The fourth-order valence-corrected chi connectivity index (χ4v) is 3.83. The number of carbonyl (C=O) groups is 1. The molecule has 0 saturated heterocycles. The van der Waals surface area contributed by atoms with E-state index in [9.17, 15) is 14.3 Å². The third kappa shape index (κ3) is 3.83. The van der Waals surface area contributed by atoms with Crippen LogP contribution < -0.4 is 0 Å². The number of thioether (sulfide) groups is 1. The fraction of sp³-hybridized carbons (Fsp3) is 0.333. The van der Waals surface area contributed by atoms with Gasteiger partial charge in [-0.1, -0.05) is 32.9 Å². The lowest BCUT2D eigenvalue weighted by Gasteiger charge is -2.16. The molecular weight excluding hydrogens is 309 g/mol. The van der Waals surface area contributed by atoms with Crippen LogP contribution in [0.5, 0.6) is 0 Å². The zero-order chi connectivity index (χ0) is 15.6. The predicted molar refractivity (Wildman–Crippen MR) is 83.7 cm³/mol. The number of carboxylic acid groups (broad SMARTS) is 1. The Morgan fingerprint density at radius 2 is 2.05 bits per heavy atom. The Hall–Kier alpha value is -1.40. The minimum absolute atomic E-state index is 0.270. The molecule has 1 heterocycles. The molecule has 1 N–H and O–H groups in total. The molecule has 1 aromatic heterocycles. The van der Waals surface area contributed by atoms with Gasteiger partial charge in [0.2, 0.25) is 0 Å². The van der Waals surface area contributed by atoms with Crippen LogP contribution >= 0.6 is 23.1 Å². The topological polar surface area (TPSA) is 50.2 Å². The molecule has 0 unspecified atom stereocenters. The number of halogens is 1. The molecule has 0 radical (unpaired) electrons. The van der Waals surface area contributed by atoms with E-state index in [2.05, 4.69) is 4.98 Å². The highest BCUT2D eigenvalue weighted by molar-refractivity contribution is 7.98. The first-order valence-corrected chi connectivity index (χ1v) is 8.20. The molecular formula is C15H16FNO2S2. The lowest BCUT2D eigenvalue weighted by Crippen LogP contribution is -2.16. The molecule has 0 fully saturated rings. The molecule has 0 saturated carbocycles. The van der Waals surface area contributed by atoms with Crippen molar-refractivity contribution in [2.45, 2.75) is 36.8 Å². The van der Waals surface area contributed by atoms with Gasteiger partial charge in [0.25, 0.3) is 0 Å². The molecule has 0 aliphatic rings. The summed E-state index contributed by atoms with van der Waals surface area (Å²) in [6.45, 7) is 5.80. The molecule has 0 spiro atoms. The minimum atomic E-state index is -0.959. The molecule has 112 valence electrons. The fourth-order valence-electron chi connectivity index (χ4n) is 1.78. The van der Waals surface area contributed by atoms with E-state index >= 15 is 0 Å². The maximum Gasteiger partial charge on any atom is 0.347 e. The quantitative estimate of drug-likeness (QED) is 0.837. The van der Waals surface area contributed by atoms with Gasteiger partial charge in [-0.2, -0.15) is 0 Å². The summed E-state index contributed by atoms with van der Waals surface area (Å²) in [4.78, 5) is 16.6. The van der Waals surface area contributed by atoms with Crippen LogP contribution in [0.15, 0.2) is 29.2 Å². The summed E-state index contributed by atoms with van der Waals surface area (Å²) in [7, 11) is 0. The van der Waals surface area contributed by atoms with Crippen molar-refractivity contribution in [2.75, 3.05) is 0 Å². The summed E-state index contributed by atoms with van der Waals surface area (Å²) in [5.74, 6) is -0.768. The van der Waals surface area contributed by atoms with Crippen molar-refractivity contribution >= 4 is 29.1 Å². The van der Waals surface area contributed by atoms with Gasteiger partial charge in [-0.05, 0) is 12.1 Å².